The van der Waals surface area contributed by atoms with Crippen molar-refractivity contribution in [3.05, 3.63) is 29.8 Å². The Balaban J connectivity index is 1.97. The van der Waals surface area contributed by atoms with Gasteiger partial charge in [0.05, 0.1) is 30.7 Å². The van der Waals surface area contributed by atoms with Crippen molar-refractivity contribution in [2.45, 2.75) is 44.3 Å². The second-order valence-electron chi connectivity index (χ2n) is 7.19. The van der Waals surface area contributed by atoms with Gasteiger partial charge in [0.25, 0.3) is 5.22 Å². The van der Waals surface area contributed by atoms with Crippen LogP contribution in [0.1, 0.15) is 39.2 Å². The fourth-order valence-electron chi connectivity index (χ4n) is 2.44. The van der Waals surface area contributed by atoms with Crippen LogP contribution in [0.5, 0.6) is 0 Å². The Bertz CT molecular complexity index is 854. The molecule has 0 N–H and O–H groups in total. The van der Waals surface area contributed by atoms with Crippen molar-refractivity contribution >= 4 is 17.7 Å². The molecule has 2 rings (SSSR count). The molecule has 2 aromatic rings. The van der Waals surface area contributed by atoms with Crippen LogP contribution in [0.4, 0.5) is 0 Å². The Morgan fingerprint density at radius 1 is 1.11 bits per heavy atom. The van der Waals surface area contributed by atoms with E-state index in [9.17, 15) is 4.79 Å². The number of rotatable bonds is 8. The van der Waals surface area contributed by atoms with Crippen LogP contribution in [0.3, 0.4) is 0 Å². The van der Waals surface area contributed by atoms with Gasteiger partial charge < -0.3 is 9.32 Å². The van der Waals surface area contributed by atoms with E-state index in [4.69, 9.17) is 14.9 Å². The van der Waals surface area contributed by atoms with Crippen LogP contribution >= 0.6 is 11.8 Å². The molecule has 0 aliphatic rings. The summed E-state index contributed by atoms with van der Waals surface area (Å²) in [7, 11) is 0. The third-order valence-corrected chi connectivity index (χ3v) is 4.87. The van der Waals surface area contributed by atoms with Crippen molar-refractivity contribution in [2.75, 3.05) is 18.8 Å². The zero-order valence-electron chi connectivity index (χ0n) is 16.3. The summed E-state index contributed by atoms with van der Waals surface area (Å²) in [6, 6.07) is 12.0. The fraction of sp³-hybridized carbons (Fsp3) is 0.450. The highest BCUT2D eigenvalue weighted by Crippen LogP contribution is 2.27. The van der Waals surface area contributed by atoms with Gasteiger partial charge in [-0.25, -0.2) is 0 Å². The topological polar surface area (TPSA) is 107 Å². The van der Waals surface area contributed by atoms with E-state index in [0.29, 0.717) is 24.2 Å². The summed E-state index contributed by atoms with van der Waals surface area (Å²) in [5, 5.41) is 25.8. The average Bonchev–Trinajstić information content (AvgIpc) is 3.15. The number of amides is 1. The number of carbonyl (C=O) groups is 1. The van der Waals surface area contributed by atoms with Gasteiger partial charge in [0.1, 0.15) is 0 Å². The molecule has 1 amide bonds. The third kappa shape index (κ3) is 6.11. The van der Waals surface area contributed by atoms with E-state index in [-0.39, 0.29) is 29.9 Å². The van der Waals surface area contributed by atoms with Gasteiger partial charge in [0.15, 0.2) is 0 Å². The molecular weight excluding hydrogens is 374 g/mol. The lowest BCUT2D eigenvalue weighted by molar-refractivity contribution is -0.128. The van der Waals surface area contributed by atoms with Crippen molar-refractivity contribution in [1.29, 1.82) is 10.5 Å². The van der Waals surface area contributed by atoms with Crippen molar-refractivity contribution in [2.24, 2.45) is 0 Å². The maximum atomic E-state index is 12.3. The van der Waals surface area contributed by atoms with Crippen LogP contribution in [0, 0.1) is 22.7 Å². The fourth-order valence-corrected chi connectivity index (χ4v) is 3.11. The average molecular weight is 398 g/mol. The van der Waals surface area contributed by atoms with Gasteiger partial charge in [-0.2, -0.15) is 10.5 Å². The normalized spacial score (nSPS) is 10.9. The van der Waals surface area contributed by atoms with E-state index in [2.05, 4.69) is 31.0 Å². The van der Waals surface area contributed by atoms with Gasteiger partial charge in [-0.1, -0.05) is 44.7 Å². The van der Waals surface area contributed by atoms with Gasteiger partial charge in [0.2, 0.25) is 11.8 Å². The summed E-state index contributed by atoms with van der Waals surface area (Å²) in [5.74, 6) is 0.354. The SMILES string of the molecule is CC(C)(C)c1ccc(-c2nnc(SCC(=O)N(CCC#N)CCC#N)o2)cc1. The van der Waals surface area contributed by atoms with E-state index >= 15 is 0 Å². The summed E-state index contributed by atoms with van der Waals surface area (Å²) >= 11 is 1.15. The zero-order chi connectivity index (χ0) is 20.6. The molecule has 0 aliphatic carbocycles. The first-order valence-corrected chi connectivity index (χ1v) is 9.92. The second-order valence-corrected chi connectivity index (χ2v) is 8.11. The first-order chi connectivity index (χ1) is 13.3. The number of nitrogens with zero attached hydrogens (tertiary/aromatic N) is 5. The first kappa shape index (κ1) is 21.5. The number of hydrogen-bond acceptors (Lipinski definition) is 7. The van der Waals surface area contributed by atoms with Crippen LogP contribution < -0.4 is 0 Å². The smallest absolute Gasteiger partial charge is 0.277 e. The standard InChI is InChI=1S/C20H23N5O2S/c1-20(2,3)16-8-6-15(7-9-16)18-23-24-19(27-18)28-14-17(26)25(12-4-10-21)13-5-11-22/h6-9H,4-5,12-14H2,1-3H3. The predicted octanol–water partition coefficient (Wildman–Crippen LogP) is 3.78. The molecule has 146 valence electrons. The van der Waals surface area contributed by atoms with E-state index in [1.807, 2.05) is 36.4 Å². The summed E-state index contributed by atoms with van der Waals surface area (Å²) in [6.07, 6.45) is 0.466. The molecule has 28 heavy (non-hydrogen) atoms. The number of thioether (sulfide) groups is 1. The lowest BCUT2D eigenvalue weighted by atomic mass is 9.87. The minimum atomic E-state index is -0.162. The molecule has 0 fully saturated rings. The summed E-state index contributed by atoms with van der Waals surface area (Å²) in [4.78, 5) is 13.8. The molecule has 0 saturated heterocycles. The van der Waals surface area contributed by atoms with Crippen LogP contribution in [-0.2, 0) is 10.2 Å². The summed E-state index contributed by atoms with van der Waals surface area (Å²) < 4.78 is 5.65. The first-order valence-electron chi connectivity index (χ1n) is 8.94. The molecule has 1 heterocycles. The molecule has 0 aliphatic heterocycles. The molecule has 0 radical (unpaired) electrons. The minimum Gasteiger partial charge on any atom is -0.411 e. The molecule has 0 spiro atoms. The van der Waals surface area contributed by atoms with Crippen molar-refractivity contribution in [3.8, 4) is 23.6 Å². The second kappa shape index (κ2) is 9.91. The Kier molecular flexibility index (Phi) is 7.60. The summed E-state index contributed by atoms with van der Waals surface area (Å²) in [6.45, 7) is 7.07. The van der Waals surface area contributed by atoms with E-state index < -0.39 is 0 Å². The lowest BCUT2D eigenvalue weighted by Gasteiger charge is -2.19. The summed E-state index contributed by atoms with van der Waals surface area (Å²) in [5.41, 5.74) is 2.10. The van der Waals surface area contributed by atoms with E-state index in [1.165, 1.54) is 10.5 Å². The van der Waals surface area contributed by atoms with Crippen LogP contribution in [0.15, 0.2) is 33.9 Å². The molecule has 0 unspecified atom stereocenters. The molecule has 0 saturated carbocycles. The number of nitriles is 2. The Morgan fingerprint density at radius 2 is 1.71 bits per heavy atom. The van der Waals surface area contributed by atoms with Gasteiger partial charge >= 0.3 is 0 Å². The Hall–Kier alpha value is -2.84. The maximum Gasteiger partial charge on any atom is 0.277 e. The molecule has 1 aromatic heterocycles. The maximum absolute atomic E-state index is 12.3. The predicted molar refractivity (Wildman–Crippen MR) is 106 cm³/mol. The van der Waals surface area contributed by atoms with E-state index in [0.717, 1.165) is 17.3 Å². The molecule has 0 atom stereocenters. The van der Waals surface area contributed by atoms with Crippen LogP contribution in [0.2, 0.25) is 0 Å². The zero-order valence-corrected chi connectivity index (χ0v) is 17.1. The van der Waals surface area contributed by atoms with Crippen molar-refractivity contribution in [3.63, 3.8) is 0 Å². The third-order valence-electron chi connectivity index (χ3n) is 4.06. The van der Waals surface area contributed by atoms with Gasteiger partial charge in [0, 0.05) is 18.7 Å². The van der Waals surface area contributed by atoms with Gasteiger partial charge in [-0.05, 0) is 23.1 Å². The highest BCUT2D eigenvalue weighted by molar-refractivity contribution is 7.99. The molecule has 1 aromatic carbocycles. The number of aromatic nitrogens is 2. The quantitative estimate of drug-likeness (QED) is 0.624. The molecule has 0 bridgehead atoms. The van der Waals surface area contributed by atoms with E-state index in [1.54, 1.807) is 0 Å². The highest BCUT2D eigenvalue weighted by Gasteiger charge is 2.17. The van der Waals surface area contributed by atoms with Gasteiger partial charge in [-0.3, -0.25) is 4.79 Å². The molecule has 7 nitrogen and oxygen atoms in total. The number of hydrogen-bond donors (Lipinski definition) is 0. The monoisotopic (exact) mass is 397 g/mol. The van der Waals surface area contributed by atoms with Crippen molar-refractivity contribution < 1.29 is 9.21 Å². The molecule has 8 heteroatoms. The number of carbonyl (C=O) groups excluding carboxylic acids is 1. The highest BCUT2D eigenvalue weighted by atomic mass is 32.2. The van der Waals surface area contributed by atoms with Crippen LogP contribution in [-0.4, -0.2) is 39.8 Å². The Morgan fingerprint density at radius 3 is 2.25 bits per heavy atom. The van der Waals surface area contributed by atoms with Crippen LogP contribution in [0.25, 0.3) is 11.5 Å². The number of benzene rings is 1. The Labute approximate surface area is 169 Å². The van der Waals surface area contributed by atoms with Crippen molar-refractivity contribution in [1.82, 2.24) is 15.1 Å². The van der Waals surface area contributed by atoms with Gasteiger partial charge in [-0.15, -0.1) is 10.2 Å². The minimum absolute atomic E-state index is 0.0672. The largest absolute Gasteiger partial charge is 0.411 e. The molecular formula is C20H23N5O2S. The lowest BCUT2D eigenvalue weighted by Crippen LogP contribution is -2.34.